The highest BCUT2D eigenvalue weighted by atomic mass is 35.5. The monoisotopic (exact) mass is 424 g/mol. The van der Waals surface area contributed by atoms with Crippen LogP contribution in [0.25, 0.3) is 0 Å². The lowest BCUT2D eigenvalue weighted by Gasteiger charge is -2.13. The standard InChI is InChI=1S/C16H10ClF5N2O2S/c17-9-4-2-1-3-8(9)15(26)23-11-6-5-10(18)14(13(11)19)24-12(25)7-27-16(20,21)22/h1-6H,7H2,(H,23,26)(H,24,25). The van der Waals surface area contributed by atoms with Crippen LogP contribution in [-0.2, 0) is 4.79 Å². The molecule has 0 unspecified atom stereocenters. The number of carbonyl (C=O) groups excluding carboxylic acids is 2. The fourth-order valence-corrected chi connectivity index (χ4v) is 2.51. The predicted octanol–water partition coefficient (Wildman–Crippen LogP) is 5.06. The van der Waals surface area contributed by atoms with Crippen molar-refractivity contribution < 1.29 is 31.5 Å². The smallest absolute Gasteiger partial charge is 0.320 e. The summed E-state index contributed by atoms with van der Waals surface area (Å²) >= 11 is 5.20. The second-order valence-electron chi connectivity index (χ2n) is 5.00. The summed E-state index contributed by atoms with van der Waals surface area (Å²) in [6.07, 6.45) is 0. The van der Waals surface area contributed by atoms with Gasteiger partial charge in [-0.2, -0.15) is 13.2 Å². The molecule has 2 N–H and O–H groups in total. The van der Waals surface area contributed by atoms with E-state index in [-0.39, 0.29) is 10.6 Å². The van der Waals surface area contributed by atoms with Gasteiger partial charge in [0.2, 0.25) is 5.91 Å². The Morgan fingerprint density at radius 2 is 1.70 bits per heavy atom. The van der Waals surface area contributed by atoms with E-state index in [0.29, 0.717) is 0 Å². The molecule has 0 atom stereocenters. The van der Waals surface area contributed by atoms with E-state index in [1.54, 1.807) is 11.4 Å². The molecule has 2 rings (SSSR count). The molecule has 0 aliphatic carbocycles. The van der Waals surface area contributed by atoms with Gasteiger partial charge in [-0.3, -0.25) is 9.59 Å². The second-order valence-corrected chi connectivity index (χ2v) is 6.45. The molecular weight excluding hydrogens is 415 g/mol. The number of rotatable bonds is 5. The maximum atomic E-state index is 14.4. The average molecular weight is 425 g/mol. The molecule has 2 amide bonds. The Hall–Kier alpha value is -2.33. The normalized spacial score (nSPS) is 11.2. The van der Waals surface area contributed by atoms with Gasteiger partial charge in [0.05, 0.1) is 22.0 Å². The van der Waals surface area contributed by atoms with Crippen LogP contribution in [0.3, 0.4) is 0 Å². The van der Waals surface area contributed by atoms with Crippen LogP contribution in [-0.4, -0.2) is 23.1 Å². The Morgan fingerprint density at radius 1 is 1.04 bits per heavy atom. The van der Waals surface area contributed by atoms with Crippen molar-refractivity contribution in [2.45, 2.75) is 5.51 Å². The minimum Gasteiger partial charge on any atom is -0.320 e. The zero-order valence-electron chi connectivity index (χ0n) is 13.2. The highest BCUT2D eigenvalue weighted by Crippen LogP contribution is 2.31. The lowest BCUT2D eigenvalue weighted by molar-refractivity contribution is -0.114. The first-order valence-electron chi connectivity index (χ1n) is 7.13. The molecule has 0 fully saturated rings. The molecule has 2 aromatic carbocycles. The van der Waals surface area contributed by atoms with Gasteiger partial charge in [-0.15, -0.1) is 0 Å². The van der Waals surface area contributed by atoms with E-state index >= 15 is 0 Å². The quantitative estimate of drug-likeness (QED) is 0.659. The molecular formula is C16H10ClF5N2O2S. The van der Waals surface area contributed by atoms with Crippen molar-refractivity contribution in [1.29, 1.82) is 0 Å². The summed E-state index contributed by atoms with van der Waals surface area (Å²) < 4.78 is 64.5. The van der Waals surface area contributed by atoms with Crippen molar-refractivity contribution >= 4 is 46.6 Å². The van der Waals surface area contributed by atoms with Gasteiger partial charge in [0, 0.05) is 0 Å². The van der Waals surface area contributed by atoms with E-state index in [0.717, 1.165) is 12.1 Å². The molecule has 0 spiro atoms. The van der Waals surface area contributed by atoms with Crippen LogP contribution in [0.4, 0.5) is 33.3 Å². The van der Waals surface area contributed by atoms with E-state index in [1.165, 1.54) is 18.2 Å². The summed E-state index contributed by atoms with van der Waals surface area (Å²) in [5.74, 6) is -5.70. The van der Waals surface area contributed by atoms with Crippen molar-refractivity contribution in [2.24, 2.45) is 0 Å². The van der Waals surface area contributed by atoms with Crippen LogP contribution >= 0.6 is 23.4 Å². The summed E-state index contributed by atoms with van der Waals surface area (Å²) in [5, 5.41) is 3.98. The highest BCUT2D eigenvalue weighted by molar-refractivity contribution is 8.00. The fourth-order valence-electron chi connectivity index (χ4n) is 1.92. The van der Waals surface area contributed by atoms with E-state index in [4.69, 9.17) is 11.6 Å². The van der Waals surface area contributed by atoms with Gasteiger partial charge in [-0.25, -0.2) is 8.78 Å². The maximum absolute atomic E-state index is 14.4. The first kappa shape index (κ1) is 21.0. The summed E-state index contributed by atoms with van der Waals surface area (Å²) in [5.41, 5.74) is -6.10. The third-order valence-electron chi connectivity index (χ3n) is 3.09. The number of anilines is 2. The third kappa shape index (κ3) is 5.83. The SMILES string of the molecule is O=C(CSC(F)(F)F)Nc1c(F)ccc(NC(=O)c2ccccc2Cl)c1F. The molecule has 11 heteroatoms. The van der Waals surface area contributed by atoms with Crippen molar-refractivity contribution in [1.82, 2.24) is 0 Å². The number of hydrogen-bond donors (Lipinski definition) is 2. The Morgan fingerprint density at radius 3 is 2.33 bits per heavy atom. The van der Waals surface area contributed by atoms with Crippen LogP contribution in [0.1, 0.15) is 10.4 Å². The zero-order valence-corrected chi connectivity index (χ0v) is 14.7. The summed E-state index contributed by atoms with van der Waals surface area (Å²) in [6.45, 7) is 0. The Bertz CT molecular complexity index is 876. The number of nitrogens with one attached hydrogen (secondary N) is 2. The topological polar surface area (TPSA) is 58.2 Å². The maximum Gasteiger partial charge on any atom is 0.442 e. The Kier molecular flexibility index (Phi) is 6.66. The van der Waals surface area contributed by atoms with E-state index in [2.05, 4.69) is 5.32 Å². The molecule has 0 bridgehead atoms. The largest absolute Gasteiger partial charge is 0.442 e. The summed E-state index contributed by atoms with van der Waals surface area (Å²) in [7, 11) is 0. The Balaban J connectivity index is 2.18. The molecule has 0 heterocycles. The van der Waals surface area contributed by atoms with Gasteiger partial charge < -0.3 is 10.6 Å². The van der Waals surface area contributed by atoms with Crippen molar-refractivity contribution in [2.75, 3.05) is 16.4 Å². The molecule has 0 aromatic heterocycles. The van der Waals surface area contributed by atoms with Gasteiger partial charge in [0.15, 0.2) is 5.82 Å². The van der Waals surface area contributed by atoms with Gasteiger partial charge in [0.1, 0.15) is 11.5 Å². The second kappa shape index (κ2) is 8.57. The van der Waals surface area contributed by atoms with Crippen molar-refractivity contribution in [3.05, 3.63) is 58.6 Å². The molecule has 2 aromatic rings. The number of alkyl halides is 3. The highest BCUT2D eigenvalue weighted by Gasteiger charge is 2.29. The van der Waals surface area contributed by atoms with Crippen LogP contribution in [0.15, 0.2) is 36.4 Å². The number of thioether (sulfide) groups is 1. The van der Waals surface area contributed by atoms with Gasteiger partial charge >= 0.3 is 5.51 Å². The van der Waals surface area contributed by atoms with Gasteiger partial charge in [-0.1, -0.05) is 23.7 Å². The molecule has 27 heavy (non-hydrogen) atoms. The zero-order chi connectivity index (χ0) is 20.2. The lowest BCUT2D eigenvalue weighted by atomic mass is 10.2. The minimum atomic E-state index is -4.67. The molecule has 0 aliphatic rings. The average Bonchev–Trinajstić information content (AvgIpc) is 2.59. The lowest BCUT2D eigenvalue weighted by Crippen LogP contribution is -2.20. The number of halogens is 6. The number of carbonyl (C=O) groups is 2. The minimum absolute atomic E-state index is 0.0232. The van der Waals surface area contributed by atoms with Crippen LogP contribution in [0.2, 0.25) is 5.02 Å². The van der Waals surface area contributed by atoms with Crippen LogP contribution < -0.4 is 10.6 Å². The molecule has 0 saturated carbocycles. The molecule has 0 aliphatic heterocycles. The van der Waals surface area contributed by atoms with E-state index < -0.39 is 57.8 Å². The molecule has 0 radical (unpaired) electrons. The van der Waals surface area contributed by atoms with Crippen molar-refractivity contribution in [3.63, 3.8) is 0 Å². The van der Waals surface area contributed by atoms with Gasteiger partial charge in [0.25, 0.3) is 5.91 Å². The van der Waals surface area contributed by atoms with Crippen molar-refractivity contribution in [3.8, 4) is 0 Å². The first-order valence-corrected chi connectivity index (χ1v) is 8.49. The van der Waals surface area contributed by atoms with Gasteiger partial charge in [-0.05, 0) is 36.0 Å². The molecule has 0 saturated heterocycles. The van der Waals surface area contributed by atoms with Crippen LogP contribution in [0, 0.1) is 11.6 Å². The number of amides is 2. The number of hydrogen-bond acceptors (Lipinski definition) is 3. The third-order valence-corrected chi connectivity index (χ3v) is 4.15. The summed E-state index contributed by atoms with van der Waals surface area (Å²) in [4.78, 5) is 23.6. The predicted molar refractivity (Wildman–Crippen MR) is 92.9 cm³/mol. The van der Waals surface area contributed by atoms with E-state index in [1.807, 2.05) is 0 Å². The Labute approximate surface area is 159 Å². The summed E-state index contributed by atoms with van der Waals surface area (Å²) in [6, 6.07) is 7.55. The fraction of sp³-hybridized carbons (Fsp3) is 0.125. The van der Waals surface area contributed by atoms with Crippen LogP contribution in [0.5, 0.6) is 0 Å². The number of benzene rings is 2. The molecule has 144 valence electrons. The van der Waals surface area contributed by atoms with E-state index in [9.17, 15) is 31.5 Å². The first-order chi connectivity index (χ1) is 12.6. The molecule has 4 nitrogen and oxygen atoms in total.